The molecule has 0 unspecified atom stereocenters. The van der Waals surface area contributed by atoms with E-state index in [1.165, 1.54) is 50.9 Å². The van der Waals surface area contributed by atoms with Crippen molar-refractivity contribution in [1.29, 1.82) is 0 Å². The van der Waals surface area contributed by atoms with Gasteiger partial charge in [-0.25, -0.2) is 0 Å². The molecule has 2 heterocycles. The minimum Gasteiger partial charge on any atom is -0.303 e. The third kappa shape index (κ3) is 6.21. The lowest BCUT2D eigenvalue weighted by atomic mass is 9.96. The van der Waals surface area contributed by atoms with Crippen molar-refractivity contribution in [3.05, 3.63) is 18.0 Å². The van der Waals surface area contributed by atoms with Gasteiger partial charge in [0.25, 0.3) is 0 Å². The summed E-state index contributed by atoms with van der Waals surface area (Å²) in [7, 11) is 0. The maximum atomic E-state index is 4.50. The molecule has 0 atom stereocenters. The molecule has 3 heteroatoms. The van der Waals surface area contributed by atoms with Crippen molar-refractivity contribution in [3.63, 3.8) is 0 Å². The summed E-state index contributed by atoms with van der Waals surface area (Å²) in [6.45, 7) is 15.7. The van der Waals surface area contributed by atoms with E-state index >= 15 is 0 Å². The van der Waals surface area contributed by atoms with Crippen LogP contribution in [0, 0.1) is 5.92 Å². The third-order valence-corrected chi connectivity index (χ3v) is 4.30. The lowest BCUT2D eigenvalue weighted by Gasteiger charge is -2.31. The van der Waals surface area contributed by atoms with Gasteiger partial charge in [-0.15, -0.1) is 0 Å². The van der Waals surface area contributed by atoms with Crippen molar-refractivity contribution in [2.75, 3.05) is 19.6 Å². The molecule has 3 nitrogen and oxygen atoms in total. The quantitative estimate of drug-likeness (QED) is 0.767. The summed E-state index contributed by atoms with van der Waals surface area (Å²) >= 11 is 0. The van der Waals surface area contributed by atoms with Crippen LogP contribution in [0.25, 0.3) is 0 Å². The average molecular weight is 293 g/mol. The fourth-order valence-electron chi connectivity index (χ4n) is 2.82. The van der Waals surface area contributed by atoms with Gasteiger partial charge in [0.1, 0.15) is 0 Å². The summed E-state index contributed by atoms with van der Waals surface area (Å²) in [4.78, 5) is 2.63. The molecule has 0 aliphatic carbocycles. The number of piperidine rings is 1. The zero-order valence-electron chi connectivity index (χ0n) is 14.8. The lowest BCUT2D eigenvalue weighted by molar-refractivity contribution is 0.169. The number of rotatable bonds is 6. The summed E-state index contributed by atoms with van der Waals surface area (Å²) in [6.07, 6.45) is 9.59. The van der Waals surface area contributed by atoms with Gasteiger partial charge in [0.05, 0.1) is 6.20 Å². The maximum Gasteiger partial charge on any atom is 0.0524 e. The fourth-order valence-corrected chi connectivity index (χ4v) is 2.82. The van der Waals surface area contributed by atoms with Gasteiger partial charge in [0.15, 0.2) is 0 Å². The van der Waals surface area contributed by atoms with Crippen LogP contribution in [-0.4, -0.2) is 34.3 Å². The molecule has 122 valence electrons. The number of unbranched alkanes of at least 4 members (excludes halogenated alkanes) is 1. The fraction of sp³-hybridized carbons (Fsp3) is 0.833. The van der Waals surface area contributed by atoms with Crippen LogP contribution < -0.4 is 0 Å². The van der Waals surface area contributed by atoms with E-state index in [2.05, 4.69) is 41.6 Å². The Morgan fingerprint density at radius 2 is 1.90 bits per heavy atom. The van der Waals surface area contributed by atoms with Crippen LogP contribution in [0.15, 0.2) is 12.4 Å². The third-order valence-electron chi connectivity index (χ3n) is 4.30. The molecular formula is C18H35N3. The largest absolute Gasteiger partial charge is 0.303 e. The van der Waals surface area contributed by atoms with Crippen LogP contribution in [0.3, 0.4) is 0 Å². The minimum atomic E-state index is 0.588. The standard InChI is InChI=1S/C16H29N3.C2H6/c1-4-5-8-18-9-6-15(7-10-18)12-19-13-16(11-17-19)14(2)3;1-2/h11,13-15H,4-10,12H2,1-3H3;1-2H3. The van der Waals surface area contributed by atoms with Crippen LogP contribution in [0.2, 0.25) is 0 Å². The Bertz CT molecular complexity index is 362. The topological polar surface area (TPSA) is 21.1 Å². The highest BCUT2D eigenvalue weighted by Gasteiger charge is 2.19. The van der Waals surface area contributed by atoms with Crippen molar-refractivity contribution >= 4 is 0 Å². The van der Waals surface area contributed by atoms with E-state index in [9.17, 15) is 0 Å². The van der Waals surface area contributed by atoms with Crippen molar-refractivity contribution in [2.45, 2.75) is 72.8 Å². The smallest absolute Gasteiger partial charge is 0.0524 e. The minimum absolute atomic E-state index is 0.588. The number of hydrogen-bond acceptors (Lipinski definition) is 2. The Balaban J connectivity index is 0.00000106. The van der Waals surface area contributed by atoms with Crippen LogP contribution in [0.4, 0.5) is 0 Å². The van der Waals surface area contributed by atoms with Gasteiger partial charge >= 0.3 is 0 Å². The SMILES string of the molecule is CC.CCCCN1CCC(Cn2cc(C(C)C)cn2)CC1. The highest BCUT2D eigenvalue weighted by atomic mass is 15.3. The van der Waals surface area contributed by atoms with Gasteiger partial charge in [0, 0.05) is 12.7 Å². The molecule has 1 aromatic heterocycles. The predicted molar refractivity (Wildman–Crippen MR) is 91.7 cm³/mol. The molecule has 1 fully saturated rings. The van der Waals surface area contributed by atoms with Crippen LogP contribution in [-0.2, 0) is 6.54 Å². The molecule has 1 aromatic rings. The average Bonchev–Trinajstić information content (AvgIpc) is 2.97. The predicted octanol–water partition coefficient (Wildman–Crippen LogP) is 4.54. The van der Waals surface area contributed by atoms with E-state index < -0.39 is 0 Å². The van der Waals surface area contributed by atoms with Gasteiger partial charge in [-0.05, 0) is 56.3 Å². The second-order valence-electron chi connectivity index (χ2n) is 6.29. The second kappa shape index (κ2) is 9.99. The van der Waals surface area contributed by atoms with Crippen molar-refractivity contribution in [2.24, 2.45) is 5.92 Å². The first-order valence-corrected chi connectivity index (χ1v) is 8.93. The monoisotopic (exact) mass is 293 g/mol. The Hall–Kier alpha value is -0.830. The number of hydrogen-bond donors (Lipinski definition) is 0. The Morgan fingerprint density at radius 3 is 2.43 bits per heavy atom. The van der Waals surface area contributed by atoms with E-state index in [4.69, 9.17) is 0 Å². The van der Waals surface area contributed by atoms with Crippen LogP contribution >= 0.6 is 0 Å². The molecule has 0 saturated carbocycles. The van der Waals surface area contributed by atoms with Gasteiger partial charge in [0.2, 0.25) is 0 Å². The van der Waals surface area contributed by atoms with Gasteiger partial charge < -0.3 is 4.90 Å². The number of nitrogens with zero attached hydrogens (tertiary/aromatic N) is 3. The maximum absolute atomic E-state index is 4.50. The van der Waals surface area contributed by atoms with Crippen LogP contribution in [0.1, 0.15) is 71.8 Å². The normalized spacial score (nSPS) is 16.9. The zero-order chi connectivity index (χ0) is 15.7. The van der Waals surface area contributed by atoms with Crippen molar-refractivity contribution < 1.29 is 0 Å². The molecule has 1 aliphatic rings. The Morgan fingerprint density at radius 1 is 1.24 bits per heavy atom. The molecule has 0 radical (unpaired) electrons. The Labute approximate surface area is 131 Å². The number of aromatic nitrogens is 2. The molecular weight excluding hydrogens is 258 g/mol. The van der Waals surface area contributed by atoms with E-state index in [1.54, 1.807) is 0 Å². The molecule has 21 heavy (non-hydrogen) atoms. The molecule has 0 amide bonds. The van der Waals surface area contributed by atoms with E-state index in [-0.39, 0.29) is 0 Å². The summed E-state index contributed by atoms with van der Waals surface area (Å²) in [6, 6.07) is 0. The first-order valence-electron chi connectivity index (χ1n) is 8.93. The van der Waals surface area contributed by atoms with E-state index in [0.29, 0.717) is 5.92 Å². The van der Waals surface area contributed by atoms with Gasteiger partial charge in [-0.1, -0.05) is 41.0 Å². The van der Waals surface area contributed by atoms with Gasteiger partial charge in [-0.2, -0.15) is 5.10 Å². The van der Waals surface area contributed by atoms with Crippen LogP contribution in [0.5, 0.6) is 0 Å². The zero-order valence-corrected chi connectivity index (χ0v) is 14.8. The summed E-state index contributed by atoms with van der Waals surface area (Å²) in [5.74, 6) is 1.41. The molecule has 0 spiro atoms. The highest BCUT2D eigenvalue weighted by molar-refractivity contribution is 5.08. The highest BCUT2D eigenvalue weighted by Crippen LogP contribution is 2.20. The second-order valence-corrected chi connectivity index (χ2v) is 6.29. The van der Waals surface area contributed by atoms with E-state index in [0.717, 1.165) is 12.5 Å². The Kier molecular flexibility index (Phi) is 8.67. The first-order chi connectivity index (χ1) is 10.2. The molecule has 0 bridgehead atoms. The summed E-state index contributed by atoms with van der Waals surface area (Å²) in [5.41, 5.74) is 1.36. The molecule has 0 N–H and O–H groups in total. The summed E-state index contributed by atoms with van der Waals surface area (Å²) in [5, 5.41) is 4.50. The first kappa shape index (κ1) is 18.2. The molecule has 2 rings (SSSR count). The summed E-state index contributed by atoms with van der Waals surface area (Å²) < 4.78 is 2.15. The number of likely N-dealkylation sites (tertiary alicyclic amines) is 1. The molecule has 1 saturated heterocycles. The van der Waals surface area contributed by atoms with Gasteiger partial charge in [-0.3, -0.25) is 4.68 Å². The van der Waals surface area contributed by atoms with E-state index in [1.807, 2.05) is 20.0 Å². The lowest BCUT2D eigenvalue weighted by Crippen LogP contribution is -2.35. The van der Waals surface area contributed by atoms with Crippen molar-refractivity contribution in [3.8, 4) is 0 Å². The van der Waals surface area contributed by atoms with Crippen molar-refractivity contribution in [1.82, 2.24) is 14.7 Å². The molecule has 1 aliphatic heterocycles. The molecule has 0 aromatic carbocycles.